The summed E-state index contributed by atoms with van der Waals surface area (Å²) in [6.07, 6.45) is 3.20. The van der Waals surface area contributed by atoms with Crippen molar-refractivity contribution in [1.29, 1.82) is 0 Å². The summed E-state index contributed by atoms with van der Waals surface area (Å²) in [6.45, 7) is 9.85. The van der Waals surface area contributed by atoms with E-state index < -0.39 is 9.84 Å². The molecule has 0 amide bonds. The fourth-order valence-corrected chi connectivity index (χ4v) is 5.48. The van der Waals surface area contributed by atoms with E-state index in [0.717, 1.165) is 32.5 Å². The van der Waals surface area contributed by atoms with Gasteiger partial charge in [0.15, 0.2) is 9.84 Å². The summed E-state index contributed by atoms with van der Waals surface area (Å²) in [5.74, 6) is 1.87. The highest BCUT2D eigenvalue weighted by molar-refractivity contribution is 7.91. The number of hydrogen-bond donors (Lipinski definition) is 1. The quantitative estimate of drug-likeness (QED) is 0.836. The Morgan fingerprint density at radius 3 is 2.65 bits per heavy atom. The Labute approximate surface area is 124 Å². The molecule has 2 aliphatic rings. The van der Waals surface area contributed by atoms with Crippen LogP contribution in [0.2, 0.25) is 0 Å². The molecule has 118 valence electrons. The normalized spacial score (nSPS) is 34.7. The zero-order valence-corrected chi connectivity index (χ0v) is 14.0. The molecule has 0 radical (unpaired) electrons. The molecule has 3 unspecified atom stereocenters. The summed E-state index contributed by atoms with van der Waals surface area (Å²) < 4.78 is 23.2. The van der Waals surface area contributed by atoms with Crippen molar-refractivity contribution in [1.82, 2.24) is 10.2 Å². The van der Waals surface area contributed by atoms with Crippen LogP contribution >= 0.6 is 0 Å². The molecule has 0 bridgehead atoms. The highest BCUT2D eigenvalue weighted by atomic mass is 32.2. The first kappa shape index (κ1) is 16.2. The maximum Gasteiger partial charge on any atom is 0.150 e. The first-order chi connectivity index (χ1) is 9.39. The van der Waals surface area contributed by atoms with Crippen LogP contribution in [-0.2, 0) is 9.84 Å². The lowest BCUT2D eigenvalue weighted by Crippen LogP contribution is -2.57. The van der Waals surface area contributed by atoms with Gasteiger partial charge in [-0.25, -0.2) is 8.42 Å². The predicted molar refractivity (Wildman–Crippen MR) is 83.7 cm³/mol. The molecule has 20 heavy (non-hydrogen) atoms. The number of nitrogens with one attached hydrogen (secondary N) is 1. The predicted octanol–water partition coefficient (Wildman–Crippen LogP) is 1.52. The third kappa shape index (κ3) is 4.43. The van der Waals surface area contributed by atoms with Gasteiger partial charge < -0.3 is 5.32 Å². The van der Waals surface area contributed by atoms with Crippen molar-refractivity contribution in [3.8, 4) is 0 Å². The van der Waals surface area contributed by atoms with Crippen LogP contribution in [-0.4, -0.2) is 56.5 Å². The number of sulfone groups is 1. The lowest BCUT2D eigenvalue weighted by atomic mass is 9.97. The first-order valence-electron chi connectivity index (χ1n) is 8.07. The van der Waals surface area contributed by atoms with E-state index in [9.17, 15) is 8.42 Å². The summed E-state index contributed by atoms with van der Waals surface area (Å²) in [5, 5.41) is 3.66. The van der Waals surface area contributed by atoms with Crippen LogP contribution in [0.5, 0.6) is 0 Å². The second-order valence-electron chi connectivity index (χ2n) is 7.02. The van der Waals surface area contributed by atoms with Crippen molar-refractivity contribution in [3.05, 3.63) is 0 Å². The molecular formula is C15H30N2O2S. The molecule has 2 saturated heterocycles. The highest BCUT2D eigenvalue weighted by Gasteiger charge is 2.33. The monoisotopic (exact) mass is 302 g/mol. The zero-order chi connectivity index (χ0) is 14.8. The van der Waals surface area contributed by atoms with Crippen molar-refractivity contribution < 1.29 is 8.42 Å². The Morgan fingerprint density at radius 1 is 1.35 bits per heavy atom. The number of nitrogens with zero attached hydrogens (tertiary/aromatic N) is 1. The minimum atomic E-state index is -2.75. The van der Waals surface area contributed by atoms with Gasteiger partial charge in [0.05, 0.1) is 11.5 Å². The van der Waals surface area contributed by atoms with E-state index in [1.54, 1.807) is 0 Å². The molecule has 0 saturated carbocycles. The average Bonchev–Trinajstić information content (AvgIpc) is 2.68. The average molecular weight is 302 g/mol. The SMILES string of the molecule is CCC1CNC(CC(C)C)CN1CC1CCS(=O)(=O)C1. The number of hydrogen-bond acceptors (Lipinski definition) is 4. The highest BCUT2D eigenvalue weighted by Crippen LogP contribution is 2.23. The van der Waals surface area contributed by atoms with Gasteiger partial charge in [-0.1, -0.05) is 20.8 Å². The third-order valence-electron chi connectivity index (χ3n) is 4.66. The van der Waals surface area contributed by atoms with Crippen LogP contribution in [0.3, 0.4) is 0 Å². The topological polar surface area (TPSA) is 49.4 Å². The van der Waals surface area contributed by atoms with Gasteiger partial charge in [-0.2, -0.15) is 0 Å². The van der Waals surface area contributed by atoms with Crippen LogP contribution in [0.1, 0.15) is 40.0 Å². The van der Waals surface area contributed by atoms with Crippen LogP contribution in [0.15, 0.2) is 0 Å². The van der Waals surface area contributed by atoms with Crippen LogP contribution < -0.4 is 5.32 Å². The van der Waals surface area contributed by atoms with Crippen molar-refractivity contribution in [2.45, 2.75) is 52.1 Å². The minimum absolute atomic E-state index is 0.354. The molecule has 0 aliphatic carbocycles. The fraction of sp³-hybridized carbons (Fsp3) is 1.00. The van der Waals surface area contributed by atoms with E-state index in [0.29, 0.717) is 35.4 Å². The molecule has 4 nitrogen and oxygen atoms in total. The first-order valence-corrected chi connectivity index (χ1v) is 9.89. The minimum Gasteiger partial charge on any atom is -0.311 e. The summed E-state index contributed by atoms with van der Waals surface area (Å²) in [4.78, 5) is 2.55. The Kier molecular flexibility index (Phi) is 5.49. The second-order valence-corrected chi connectivity index (χ2v) is 9.25. The Balaban J connectivity index is 1.92. The van der Waals surface area contributed by atoms with E-state index in [2.05, 4.69) is 31.0 Å². The standard InChI is InChI=1S/C15H30N2O2S/c1-4-15-8-16-14(7-12(2)3)10-17(15)9-13-5-6-20(18,19)11-13/h12-16H,4-11H2,1-3H3. The van der Waals surface area contributed by atoms with E-state index in [1.807, 2.05) is 0 Å². The lowest BCUT2D eigenvalue weighted by Gasteiger charge is -2.41. The molecular weight excluding hydrogens is 272 g/mol. The third-order valence-corrected chi connectivity index (χ3v) is 6.50. The summed E-state index contributed by atoms with van der Waals surface area (Å²) in [6, 6.07) is 1.14. The molecule has 2 rings (SSSR count). The molecule has 2 aliphatic heterocycles. The lowest BCUT2D eigenvalue weighted by molar-refractivity contribution is 0.104. The number of piperazine rings is 1. The summed E-state index contributed by atoms with van der Waals surface area (Å²) in [5.41, 5.74) is 0. The van der Waals surface area contributed by atoms with E-state index in [1.165, 1.54) is 6.42 Å². The van der Waals surface area contributed by atoms with Gasteiger partial charge in [-0.3, -0.25) is 4.90 Å². The molecule has 2 heterocycles. The molecule has 2 fully saturated rings. The largest absolute Gasteiger partial charge is 0.311 e. The Hall–Kier alpha value is -0.130. The maximum absolute atomic E-state index is 11.6. The van der Waals surface area contributed by atoms with Crippen molar-refractivity contribution >= 4 is 9.84 Å². The van der Waals surface area contributed by atoms with E-state index in [4.69, 9.17) is 0 Å². The molecule has 5 heteroatoms. The molecule has 0 aromatic carbocycles. The van der Waals surface area contributed by atoms with Crippen LogP contribution in [0.25, 0.3) is 0 Å². The smallest absolute Gasteiger partial charge is 0.150 e. The fourth-order valence-electron chi connectivity index (χ4n) is 3.63. The van der Waals surface area contributed by atoms with Gasteiger partial charge in [0, 0.05) is 31.7 Å². The maximum atomic E-state index is 11.6. The summed E-state index contributed by atoms with van der Waals surface area (Å²) in [7, 11) is -2.75. The molecule has 3 atom stereocenters. The van der Waals surface area contributed by atoms with E-state index >= 15 is 0 Å². The van der Waals surface area contributed by atoms with Crippen molar-refractivity contribution in [2.24, 2.45) is 11.8 Å². The van der Waals surface area contributed by atoms with E-state index in [-0.39, 0.29) is 0 Å². The van der Waals surface area contributed by atoms with Crippen LogP contribution in [0, 0.1) is 11.8 Å². The van der Waals surface area contributed by atoms with Gasteiger partial charge in [0.2, 0.25) is 0 Å². The molecule has 0 spiro atoms. The Bertz CT molecular complexity index is 408. The molecule has 0 aromatic rings. The van der Waals surface area contributed by atoms with Gasteiger partial charge in [-0.05, 0) is 31.1 Å². The van der Waals surface area contributed by atoms with Crippen LogP contribution in [0.4, 0.5) is 0 Å². The van der Waals surface area contributed by atoms with Gasteiger partial charge in [0.25, 0.3) is 0 Å². The molecule has 1 N–H and O–H groups in total. The Morgan fingerprint density at radius 2 is 2.10 bits per heavy atom. The second kappa shape index (κ2) is 6.75. The zero-order valence-electron chi connectivity index (χ0n) is 13.1. The van der Waals surface area contributed by atoms with Gasteiger partial charge in [0.1, 0.15) is 0 Å². The summed E-state index contributed by atoms with van der Waals surface area (Å²) >= 11 is 0. The van der Waals surface area contributed by atoms with Crippen molar-refractivity contribution in [3.63, 3.8) is 0 Å². The van der Waals surface area contributed by atoms with Crippen molar-refractivity contribution in [2.75, 3.05) is 31.1 Å². The van der Waals surface area contributed by atoms with Gasteiger partial charge >= 0.3 is 0 Å². The number of rotatable bonds is 5. The van der Waals surface area contributed by atoms with Gasteiger partial charge in [-0.15, -0.1) is 0 Å². The molecule has 0 aromatic heterocycles.